The number of aromatic nitrogens is 2. The maximum atomic E-state index is 12.9. The van der Waals surface area contributed by atoms with E-state index >= 15 is 0 Å². The first-order chi connectivity index (χ1) is 15.0. The summed E-state index contributed by atoms with van der Waals surface area (Å²) in [5, 5.41) is 12.2. The zero-order valence-electron chi connectivity index (χ0n) is 17.3. The predicted molar refractivity (Wildman–Crippen MR) is 119 cm³/mol. The summed E-state index contributed by atoms with van der Waals surface area (Å²) in [5.74, 6) is -0.366. The highest BCUT2D eigenvalue weighted by Crippen LogP contribution is 2.18. The van der Waals surface area contributed by atoms with Crippen LogP contribution in [-0.4, -0.2) is 26.5 Å². The van der Waals surface area contributed by atoms with Crippen LogP contribution in [0.1, 0.15) is 53.8 Å². The van der Waals surface area contributed by atoms with Crippen molar-refractivity contribution >= 4 is 28.5 Å². The minimum Gasteiger partial charge on any atom is -0.481 e. The Labute approximate surface area is 179 Å². The lowest BCUT2D eigenvalue weighted by molar-refractivity contribution is -0.136. The largest absolute Gasteiger partial charge is 0.481 e. The summed E-state index contributed by atoms with van der Waals surface area (Å²) in [6.45, 7) is 0.692. The van der Waals surface area contributed by atoms with E-state index in [1.165, 1.54) is 0 Å². The van der Waals surface area contributed by atoms with Crippen molar-refractivity contribution in [3.63, 3.8) is 0 Å². The van der Waals surface area contributed by atoms with Gasteiger partial charge in [-0.25, -0.2) is 4.98 Å². The van der Waals surface area contributed by atoms with Crippen LogP contribution in [0.2, 0.25) is 0 Å². The fourth-order valence-electron chi connectivity index (χ4n) is 4.00. The highest BCUT2D eigenvalue weighted by Gasteiger charge is 2.15. The topological polar surface area (TPSA) is 101 Å². The highest BCUT2D eigenvalue weighted by atomic mass is 16.4. The SMILES string of the molecule is O=C(O)CCc1cccc(NC(=O)c2ccc3c(=O)n4c(nc3c2)CCCCCC4)c1. The molecule has 2 aromatic carbocycles. The maximum absolute atomic E-state index is 12.9. The van der Waals surface area contributed by atoms with Gasteiger partial charge in [-0.2, -0.15) is 0 Å². The lowest BCUT2D eigenvalue weighted by Gasteiger charge is -2.16. The van der Waals surface area contributed by atoms with Crippen molar-refractivity contribution in [3.8, 4) is 0 Å². The van der Waals surface area contributed by atoms with Gasteiger partial charge in [0.25, 0.3) is 11.5 Å². The Kier molecular flexibility index (Phi) is 6.11. The van der Waals surface area contributed by atoms with E-state index in [1.54, 1.807) is 41.0 Å². The number of carbonyl (C=O) groups is 2. The normalized spacial score (nSPS) is 13.8. The number of nitrogens with zero attached hydrogens (tertiary/aromatic N) is 2. The van der Waals surface area contributed by atoms with E-state index < -0.39 is 5.97 Å². The molecule has 4 rings (SSSR count). The van der Waals surface area contributed by atoms with Crippen LogP contribution in [0.4, 0.5) is 5.69 Å². The molecule has 0 radical (unpaired) electrons. The average Bonchev–Trinajstić information content (AvgIpc) is 2.73. The molecule has 160 valence electrons. The zero-order valence-corrected chi connectivity index (χ0v) is 17.3. The Hall–Kier alpha value is -3.48. The minimum absolute atomic E-state index is 0.0353. The monoisotopic (exact) mass is 419 g/mol. The fraction of sp³-hybridized carbons (Fsp3) is 0.333. The molecule has 7 nitrogen and oxygen atoms in total. The molecule has 0 unspecified atom stereocenters. The van der Waals surface area contributed by atoms with Crippen LogP contribution in [0.5, 0.6) is 0 Å². The number of anilines is 1. The molecule has 1 aliphatic rings. The standard InChI is InChI=1S/C24H25N3O4/c28-22(29)12-9-16-6-5-7-18(14-16)25-23(30)17-10-11-19-20(15-17)26-21-8-3-1-2-4-13-27(21)24(19)31/h5-7,10-11,14-15H,1-4,8-9,12-13H2,(H,25,30)(H,28,29). The molecule has 31 heavy (non-hydrogen) atoms. The maximum Gasteiger partial charge on any atom is 0.303 e. The van der Waals surface area contributed by atoms with Crippen molar-refractivity contribution in [2.75, 3.05) is 5.32 Å². The Morgan fingerprint density at radius 3 is 2.74 bits per heavy atom. The zero-order chi connectivity index (χ0) is 21.8. The second kappa shape index (κ2) is 9.12. The number of carbonyl (C=O) groups excluding carboxylic acids is 1. The summed E-state index contributed by atoms with van der Waals surface area (Å²) >= 11 is 0. The average molecular weight is 419 g/mol. The molecule has 0 saturated carbocycles. The first kappa shape index (κ1) is 20.8. The molecule has 0 bridgehead atoms. The van der Waals surface area contributed by atoms with E-state index in [4.69, 9.17) is 10.1 Å². The lowest BCUT2D eigenvalue weighted by atomic mass is 10.1. The molecule has 0 fully saturated rings. The molecule has 2 heterocycles. The molecule has 0 atom stereocenters. The highest BCUT2D eigenvalue weighted by molar-refractivity contribution is 6.06. The smallest absolute Gasteiger partial charge is 0.303 e. The second-order valence-corrected chi connectivity index (χ2v) is 7.93. The van der Waals surface area contributed by atoms with Gasteiger partial charge in [0.15, 0.2) is 0 Å². The molecule has 0 spiro atoms. The van der Waals surface area contributed by atoms with Crippen molar-refractivity contribution < 1.29 is 14.7 Å². The van der Waals surface area contributed by atoms with Crippen LogP contribution >= 0.6 is 0 Å². The van der Waals surface area contributed by atoms with Crippen molar-refractivity contribution in [2.24, 2.45) is 0 Å². The summed E-state index contributed by atoms with van der Waals surface area (Å²) in [6, 6.07) is 12.1. The van der Waals surface area contributed by atoms with Crippen LogP contribution in [-0.2, 0) is 24.2 Å². The molecule has 0 aliphatic carbocycles. The third-order valence-electron chi connectivity index (χ3n) is 5.64. The van der Waals surface area contributed by atoms with Gasteiger partial charge < -0.3 is 10.4 Å². The molecule has 3 aromatic rings. The summed E-state index contributed by atoms with van der Waals surface area (Å²) in [5.41, 5.74) is 2.36. The van der Waals surface area contributed by atoms with Gasteiger partial charge >= 0.3 is 5.97 Å². The van der Waals surface area contributed by atoms with E-state index in [9.17, 15) is 14.4 Å². The van der Waals surface area contributed by atoms with Gasteiger partial charge in [0.2, 0.25) is 0 Å². The van der Waals surface area contributed by atoms with Crippen molar-refractivity contribution in [1.29, 1.82) is 0 Å². The van der Waals surface area contributed by atoms with Crippen LogP contribution < -0.4 is 10.9 Å². The van der Waals surface area contributed by atoms with E-state index in [2.05, 4.69) is 5.32 Å². The predicted octanol–water partition coefficient (Wildman–Crippen LogP) is 3.78. The third kappa shape index (κ3) is 4.82. The summed E-state index contributed by atoms with van der Waals surface area (Å²) < 4.78 is 1.78. The number of hydrogen-bond donors (Lipinski definition) is 2. The number of fused-ring (bicyclic) bond motifs is 2. The third-order valence-corrected chi connectivity index (χ3v) is 5.64. The summed E-state index contributed by atoms with van der Waals surface area (Å²) in [6.07, 6.45) is 5.46. The van der Waals surface area contributed by atoms with E-state index in [1.807, 2.05) is 6.07 Å². The van der Waals surface area contributed by atoms with Crippen LogP contribution in [0, 0.1) is 0 Å². The molecule has 1 aliphatic heterocycles. The quantitative estimate of drug-likeness (QED) is 0.655. The molecular weight excluding hydrogens is 394 g/mol. The first-order valence-electron chi connectivity index (χ1n) is 10.7. The number of aryl methyl sites for hydroxylation is 2. The Balaban J connectivity index is 1.59. The van der Waals surface area contributed by atoms with E-state index in [0.29, 0.717) is 35.1 Å². The fourth-order valence-corrected chi connectivity index (χ4v) is 4.00. The van der Waals surface area contributed by atoms with Gasteiger partial charge in [-0.1, -0.05) is 25.0 Å². The minimum atomic E-state index is -0.859. The molecule has 1 aromatic heterocycles. The van der Waals surface area contributed by atoms with E-state index in [-0.39, 0.29) is 17.9 Å². The Bertz CT molecular complexity index is 1200. The van der Waals surface area contributed by atoms with Crippen LogP contribution in [0.25, 0.3) is 10.9 Å². The summed E-state index contributed by atoms with van der Waals surface area (Å²) in [4.78, 5) is 41.2. The van der Waals surface area contributed by atoms with Gasteiger partial charge in [0, 0.05) is 30.6 Å². The number of carboxylic acid groups (broad SMARTS) is 1. The van der Waals surface area contributed by atoms with E-state index in [0.717, 1.165) is 43.5 Å². The van der Waals surface area contributed by atoms with Crippen molar-refractivity contribution in [2.45, 2.75) is 51.5 Å². The molecule has 1 amide bonds. The lowest BCUT2D eigenvalue weighted by Crippen LogP contribution is -2.26. The van der Waals surface area contributed by atoms with Crippen LogP contribution in [0.3, 0.4) is 0 Å². The van der Waals surface area contributed by atoms with Gasteiger partial charge in [0.1, 0.15) is 5.82 Å². The number of carboxylic acids is 1. The van der Waals surface area contributed by atoms with Gasteiger partial charge in [-0.3, -0.25) is 19.0 Å². The number of nitrogens with one attached hydrogen (secondary N) is 1. The summed E-state index contributed by atoms with van der Waals surface area (Å²) in [7, 11) is 0. The molecule has 2 N–H and O–H groups in total. The number of amides is 1. The number of hydrogen-bond acceptors (Lipinski definition) is 4. The molecular formula is C24H25N3O4. The number of aliphatic carboxylic acids is 1. The van der Waals surface area contributed by atoms with Crippen molar-refractivity contribution in [1.82, 2.24) is 9.55 Å². The van der Waals surface area contributed by atoms with Gasteiger partial charge in [-0.05, 0) is 55.2 Å². The Morgan fingerprint density at radius 1 is 1.06 bits per heavy atom. The molecule has 0 saturated heterocycles. The van der Waals surface area contributed by atoms with Crippen LogP contribution in [0.15, 0.2) is 47.3 Å². The number of rotatable bonds is 5. The van der Waals surface area contributed by atoms with Crippen molar-refractivity contribution in [3.05, 3.63) is 69.8 Å². The Morgan fingerprint density at radius 2 is 1.90 bits per heavy atom. The first-order valence-corrected chi connectivity index (χ1v) is 10.7. The van der Waals surface area contributed by atoms with Gasteiger partial charge in [-0.15, -0.1) is 0 Å². The molecule has 7 heteroatoms. The van der Waals surface area contributed by atoms with Gasteiger partial charge in [0.05, 0.1) is 10.9 Å². The second-order valence-electron chi connectivity index (χ2n) is 7.93. The number of benzene rings is 2.